The zero-order chi connectivity index (χ0) is 21.8. The minimum absolute atomic E-state index is 0.0985. The average molecular weight is 426 g/mol. The molecule has 31 heavy (non-hydrogen) atoms. The lowest BCUT2D eigenvalue weighted by atomic mass is 10.2. The summed E-state index contributed by atoms with van der Waals surface area (Å²) in [6, 6.07) is 0. The lowest BCUT2D eigenvalue weighted by molar-refractivity contribution is -0.121. The van der Waals surface area contributed by atoms with Crippen LogP contribution >= 0.6 is 0 Å². The van der Waals surface area contributed by atoms with Gasteiger partial charge >= 0.3 is 0 Å². The first kappa shape index (κ1) is 20.8. The summed E-state index contributed by atoms with van der Waals surface area (Å²) in [5.74, 6) is 0.904. The highest BCUT2D eigenvalue weighted by molar-refractivity contribution is 5.93. The Morgan fingerprint density at radius 3 is 2.81 bits per heavy atom. The second-order valence-corrected chi connectivity index (χ2v) is 7.26. The maximum Gasteiger partial charge on any atom is 0.276 e. The SMILES string of the molecule is CCc1ocnc1C(=O)N1CCC(=O)NCCN(c2ncnc3c2ncn3CC)CC1. The number of anilines is 1. The first-order chi connectivity index (χ1) is 15.1. The summed E-state index contributed by atoms with van der Waals surface area (Å²) in [4.78, 5) is 46.5. The second kappa shape index (κ2) is 9.11. The van der Waals surface area contributed by atoms with Gasteiger partial charge < -0.3 is 24.1 Å². The summed E-state index contributed by atoms with van der Waals surface area (Å²) in [6.07, 6.45) is 5.37. The normalized spacial score (nSPS) is 15.9. The van der Waals surface area contributed by atoms with Crippen molar-refractivity contribution in [3.63, 3.8) is 0 Å². The van der Waals surface area contributed by atoms with E-state index >= 15 is 0 Å². The molecule has 0 aromatic carbocycles. The molecule has 0 radical (unpaired) electrons. The molecule has 3 aromatic heterocycles. The van der Waals surface area contributed by atoms with Crippen molar-refractivity contribution in [1.82, 2.24) is 34.7 Å². The Hall–Kier alpha value is -3.50. The predicted octanol–water partition coefficient (Wildman–Crippen LogP) is 0.865. The number of rotatable bonds is 4. The zero-order valence-corrected chi connectivity index (χ0v) is 17.7. The average Bonchev–Trinajstić information content (AvgIpc) is 3.44. The second-order valence-electron chi connectivity index (χ2n) is 7.26. The molecule has 0 spiro atoms. The third kappa shape index (κ3) is 4.21. The summed E-state index contributed by atoms with van der Waals surface area (Å²) in [6.45, 7) is 6.97. The van der Waals surface area contributed by atoms with Crippen LogP contribution in [0.25, 0.3) is 11.2 Å². The van der Waals surface area contributed by atoms with Gasteiger partial charge in [-0.15, -0.1) is 0 Å². The fourth-order valence-electron chi connectivity index (χ4n) is 3.71. The number of carbonyl (C=O) groups is 2. The van der Waals surface area contributed by atoms with Gasteiger partial charge in [0, 0.05) is 52.1 Å². The summed E-state index contributed by atoms with van der Waals surface area (Å²) < 4.78 is 7.28. The summed E-state index contributed by atoms with van der Waals surface area (Å²) in [5.41, 5.74) is 1.77. The Bertz CT molecular complexity index is 1080. The highest BCUT2D eigenvalue weighted by atomic mass is 16.3. The number of hydrogen-bond acceptors (Lipinski definition) is 8. The predicted molar refractivity (Wildman–Crippen MR) is 113 cm³/mol. The van der Waals surface area contributed by atoms with Crippen LogP contribution < -0.4 is 10.2 Å². The van der Waals surface area contributed by atoms with E-state index in [0.29, 0.717) is 61.9 Å². The molecular formula is C20H26N8O3. The lowest BCUT2D eigenvalue weighted by Crippen LogP contribution is -2.45. The van der Waals surface area contributed by atoms with Crippen molar-refractivity contribution >= 4 is 28.8 Å². The first-order valence-electron chi connectivity index (χ1n) is 10.5. The van der Waals surface area contributed by atoms with Crippen molar-refractivity contribution in [2.24, 2.45) is 0 Å². The number of amides is 2. The zero-order valence-electron chi connectivity index (χ0n) is 17.7. The van der Waals surface area contributed by atoms with Crippen molar-refractivity contribution in [2.75, 3.05) is 37.6 Å². The Morgan fingerprint density at radius 1 is 1.13 bits per heavy atom. The number of imidazole rings is 1. The van der Waals surface area contributed by atoms with Crippen LogP contribution in [-0.2, 0) is 17.8 Å². The van der Waals surface area contributed by atoms with Crippen LogP contribution in [0, 0.1) is 0 Å². The molecule has 1 aliphatic heterocycles. The van der Waals surface area contributed by atoms with Crippen molar-refractivity contribution in [3.8, 4) is 0 Å². The van der Waals surface area contributed by atoms with Crippen molar-refractivity contribution < 1.29 is 14.0 Å². The number of hydrogen-bond donors (Lipinski definition) is 1. The summed E-state index contributed by atoms with van der Waals surface area (Å²) in [5, 5.41) is 2.91. The van der Waals surface area contributed by atoms with Gasteiger partial charge in [0.1, 0.15) is 12.1 Å². The molecular weight excluding hydrogens is 400 g/mol. The monoisotopic (exact) mass is 426 g/mol. The Balaban J connectivity index is 1.61. The van der Waals surface area contributed by atoms with Gasteiger partial charge in [-0.1, -0.05) is 6.92 Å². The van der Waals surface area contributed by atoms with E-state index in [1.165, 1.54) is 12.7 Å². The minimum Gasteiger partial charge on any atom is -0.448 e. The van der Waals surface area contributed by atoms with Crippen LogP contribution in [0.4, 0.5) is 5.82 Å². The highest BCUT2D eigenvalue weighted by Crippen LogP contribution is 2.22. The van der Waals surface area contributed by atoms with E-state index in [-0.39, 0.29) is 18.2 Å². The van der Waals surface area contributed by atoms with Crippen molar-refractivity contribution in [1.29, 1.82) is 0 Å². The summed E-state index contributed by atoms with van der Waals surface area (Å²) >= 11 is 0. The molecule has 0 unspecified atom stereocenters. The molecule has 11 nitrogen and oxygen atoms in total. The van der Waals surface area contributed by atoms with Crippen LogP contribution in [0.15, 0.2) is 23.5 Å². The maximum atomic E-state index is 13.1. The van der Waals surface area contributed by atoms with Crippen LogP contribution in [0.5, 0.6) is 0 Å². The molecule has 0 bridgehead atoms. The standard InChI is InChI=1S/C20H26N8O3/c1-3-14-16(25-13-31-14)20(30)28-7-5-15(29)21-6-8-27(9-10-28)19-17-18(22-11-23-19)26(4-2)12-24-17/h11-13H,3-10H2,1-2H3,(H,21,29). The molecule has 0 atom stereocenters. The number of nitrogens with zero attached hydrogens (tertiary/aromatic N) is 7. The van der Waals surface area contributed by atoms with Gasteiger partial charge in [0.15, 0.2) is 29.1 Å². The Kier molecular flexibility index (Phi) is 6.10. The smallest absolute Gasteiger partial charge is 0.276 e. The molecule has 2 amide bonds. The van der Waals surface area contributed by atoms with E-state index in [9.17, 15) is 9.59 Å². The van der Waals surface area contributed by atoms with Gasteiger partial charge in [-0.3, -0.25) is 9.59 Å². The van der Waals surface area contributed by atoms with Gasteiger partial charge in [-0.25, -0.2) is 19.9 Å². The highest BCUT2D eigenvalue weighted by Gasteiger charge is 2.25. The van der Waals surface area contributed by atoms with Crippen molar-refractivity contribution in [3.05, 3.63) is 30.5 Å². The van der Waals surface area contributed by atoms with E-state index in [0.717, 1.165) is 12.2 Å². The number of fused-ring (bicyclic) bond motifs is 1. The van der Waals surface area contributed by atoms with Crippen molar-refractivity contribution in [2.45, 2.75) is 33.2 Å². The van der Waals surface area contributed by atoms with Crippen LogP contribution in [0.3, 0.4) is 0 Å². The third-order valence-electron chi connectivity index (χ3n) is 5.43. The minimum atomic E-state index is -0.234. The molecule has 0 aliphatic carbocycles. The molecule has 1 fully saturated rings. The Morgan fingerprint density at radius 2 is 2.00 bits per heavy atom. The number of carbonyl (C=O) groups excluding carboxylic acids is 2. The number of oxazole rings is 1. The molecule has 1 N–H and O–H groups in total. The molecule has 164 valence electrons. The quantitative estimate of drug-likeness (QED) is 0.652. The molecule has 4 rings (SSSR count). The fourth-order valence-corrected chi connectivity index (χ4v) is 3.71. The summed E-state index contributed by atoms with van der Waals surface area (Å²) in [7, 11) is 0. The van der Waals surface area contributed by atoms with E-state index in [4.69, 9.17) is 4.42 Å². The van der Waals surface area contributed by atoms with Crippen LogP contribution in [0.2, 0.25) is 0 Å². The Labute approximate surface area is 179 Å². The molecule has 3 aromatic rings. The van der Waals surface area contributed by atoms with E-state index < -0.39 is 0 Å². The van der Waals surface area contributed by atoms with Gasteiger partial charge in [0.05, 0.1) is 6.33 Å². The largest absolute Gasteiger partial charge is 0.448 e. The first-order valence-corrected chi connectivity index (χ1v) is 10.5. The molecule has 1 aliphatic rings. The van der Waals surface area contributed by atoms with Crippen LogP contribution in [0.1, 0.15) is 36.5 Å². The topological polar surface area (TPSA) is 122 Å². The number of aromatic nitrogens is 5. The fraction of sp³-hybridized carbons (Fsp3) is 0.500. The lowest BCUT2D eigenvalue weighted by Gasteiger charge is -2.30. The van der Waals surface area contributed by atoms with Gasteiger partial charge in [-0.05, 0) is 6.92 Å². The van der Waals surface area contributed by atoms with E-state index in [2.05, 4.69) is 25.3 Å². The molecule has 4 heterocycles. The van der Waals surface area contributed by atoms with Gasteiger partial charge in [0.25, 0.3) is 5.91 Å². The van der Waals surface area contributed by atoms with Gasteiger partial charge in [0.2, 0.25) is 5.91 Å². The van der Waals surface area contributed by atoms with E-state index in [1.54, 1.807) is 11.2 Å². The van der Waals surface area contributed by atoms with Gasteiger partial charge in [-0.2, -0.15) is 0 Å². The molecule has 1 saturated heterocycles. The van der Waals surface area contributed by atoms with E-state index in [1.807, 2.05) is 23.3 Å². The number of aryl methyl sites for hydroxylation is 2. The maximum absolute atomic E-state index is 13.1. The third-order valence-corrected chi connectivity index (χ3v) is 5.43. The van der Waals surface area contributed by atoms with Crippen LogP contribution in [-0.4, -0.2) is 73.9 Å². The number of nitrogens with one attached hydrogen (secondary N) is 1. The molecule has 0 saturated carbocycles. The molecule has 11 heteroatoms.